The molecule has 0 aliphatic heterocycles. The fraction of sp³-hybridized carbons (Fsp3) is 0. The molecule has 0 fully saturated rings. The summed E-state index contributed by atoms with van der Waals surface area (Å²) in [6, 6.07) is 1.12. The van der Waals surface area contributed by atoms with Crippen molar-refractivity contribution in [2.24, 2.45) is 0 Å². The van der Waals surface area contributed by atoms with Crippen molar-refractivity contribution in [2.45, 2.75) is 0 Å². The molecule has 3 aromatic rings. The van der Waals surface area contributed by atoms with E-state index in [1.807, 2.05) is 0 Å². The Hall–Kier alpha value is -4.17. The van der Waals surface area contributed by atoms with Crippen LogP contribution in [-0.2, 0) is 0 Å². The van der Waals surface area contributed by atoms with E-state index in [0.717, 1.165) is 0 Å². The van der Waals surface area contributed by atoms with Gasteiger partial charge < -0.3 is 9.47 Å². The lowest BCUT2D eigenvalue weighted by Gasteiger charge is -2.10. The monoisotopic (exact) mass is 499 g/mol. The smallest absolute Gasteiger partial charge is 0.362 e. The Balaban J connectivity index is 1.91. The van der Waals surface area contributed by atoms with Crippen LogP contribution in [0.3, 0.4) is 0 Å². The largest absolute Gasteiger partial charge is 0.416 e. The number of benzene rings is 2. The van der Waals surface area contributed by atoms with Gasteiger partial charge in [0.1, 0.15) is 5.69 Å². The predicted octanol–water partition coefficient (Wildman–Crippen LogP) is 4.91. The summed E-state index contributed by atoms with van der Waals surface area (Å²) in [4.78, 5) is 27.4. The van der Waals surface area contributed by atoms with Crippen molar-refractivity contribution in [3.8, 4) is 11.5 Å². The third-order valence-corrected chi connectivity index (χ3v) is 3.93. The first kappa shape index (κ1) is 24.5. The Kier molecular flexibility index (Phi) is 6.47. The number of aromatic nitrogens is 1. The molecule has 0 amide bonds. The molecule has 3 rings (SSSR count). The minimum atomic E-state index is -2.54. The number of rotatable bonds is 4. The van der Waals surface area contributed by atoms with Gasteiger partial charge in [-0.05, 0) is 12.1 Å². The number of hydrogen-bond acceptors (Lipinski definition) is 5. The van der Waals surface area contributed by atoms with Gasteiger partial charge in [0.05, 0.1) is 5.56 Å². The highest BCUT2D eigenvalue weighted by Crippen LogP contribution is 2.31. The second kappa shape index (κ2) is 8.99. The number of carbonyl (C=O) groups excluding carboxylic acids is 2. The van der Waals surface area contributed by atoms with Crippen molar-refractivity contribution in [1.29, 1.82) is 0 Å². The Labute approximate surface area is 180 Å². The summed E-state index contributed by atoms with van der Waals surface area (Å²) >= 11 is 0. The molecule has 0 N–H and O–H groups in total. The zero-order valence-corrected chi connectivity index (χ0v) is 15.6. The van der Waals surface area contributed by atoms with Crippen molar-refractivity contribution in [1.82, 2.24) is 4.98 Å². The molecule has 0 aliphatic rings. The molecular formula is C19H3F10NO4. The highest BCUT2D eigenvalue weighted by molar-refractivity contribution is 5.95. The third-order valence-electron chi connectivity index (χ3n) is 3.93. The zero-order valence-electron chi connectivity index (χ0n) is 15.6. The van der Waals surface area contributed by atoms with Gasteiger partial charge in [-0.3, -0.25) is 0 Å². The van der Waals surface area contributed by atoms with Gasteiger partial charge in [-0.2, -0.15) is 17.6 Å². The van der Waals surface area contributed by atoms with Gasteiger partial charge >= 0.3 is 11.9 Å². The fourth-order valence-corrected chi connectivity index (χ4v) is 2.31. The number of esters is 2. The number of ether oxygens (including phenoxy) is 2. The first-order valence-corrected chi connectivity index (χ1v) is 8.30. The van der Waals surface area contributed by atoms with E-state index >= 15 is 0 Å². The number of pyridine rings is 1. The van der Waals surface area contributed by atoms with Crippen LogP contribution >= 0.6 is 0 Å². The van der Waals surface area contributed by atoms with Crippen LogP contribution in [0.2, 0.25) is 0 Å². The Bertz CT molecular complexity index is 1200. The van der Waals surface area contributed by atoms with Gasteiger partial charge in [0.2, 0.25) is 69.7 Å². The summed E-state index contributed by atoms with van der Waals surface area (Å²) < 4.78 is 142. The molecule has 0 unspecified atom stereocenters. The van der Waals surface area contributed by atoms with Crippen LogP contribution in [0, 0.1) is 58.2 Å². The van der Waals surface area contributed by atoms with E-state index < -0.39 is 92.9 Å². The maximum atomic E-state index is 13.7. The molecule has 34 heavy (non-hydrogen) atoms. The van der Waals surface area contributed by atoms with E-state index in [2.05, 4.69) is 14.5 Å². The Morgan fingerprint density at radius 3 is 1.32 bits per heavy atom. The summed E-state index contributed by atoms with van der Waals surface area (Å²) in [7, 11) is 0. The van der Waals surface area contributed by atoms with Crippen LogP contribution in [0.25, 0.3) is 0 Å². The zero-order chi connectivity index (χ0) is 25.5. The van der Waals surface area contributed by atoms with E-state index in [4.69, 9.17) is 0 Å². The van der Waals surface area contributed by atoms with Crippen molar-refractivity contribution in [2.75, 3.05) is 0 Å². The van der Waals surface area contributed by atoms with Crippen LogP contribution < -0.4 is 9.47 Å². The van der Waals surface area contributed by atoms with Gasteiger partial charge in [-0.1, -0.05) is 0 Å². The molecule has 15 heteroatoms. The van der Waals surface area contributed by atoms with Crippen LogP contribution in [0.15, 0.2) is 18.3 Å². The molecule has 1 heterocycles. The second-order valence-corrected chi connectivity index (χ2v) is 6.01. The predicted molar refractivity (Wildman–Crippen MR) is 86.6 cm³/mol. The molecular weight excluding hydrogens is 496 g/mol. The van der Waals surface area contributed by atoms with E-state index in [9.17, 15) is 53.5 Å². The molecule has 1 aromatic heterocycles. The number of halogens is 10. The average Bonchev–Trinajstić information content (AvgIpc) is 2.84. The third kappa shape index (κ3) is 4.11. The van der Waals surface area contributed by atoms with E-state index in [1.165, 1.54) is 0 Å². The molecule has 0 radical (unpaired) electrons. The molecule has 0 aliphatic carbocycles. The lowest BCUT2D eigenvalue weighted by atomic mass is 10.2. The van der Waals surface area contributed by atoms with Gasteiger partial charge in [-0.15, -0.1) is 0 Å². The Morgan fingerprint density at radius 2 is 0.912 bits per heavy atom. The second-order valence-electron chi connectivity index (χ2n) is 6.01. The first-order valence-electron chi connectivity index (χ1n) is 8.30. The maximum Gasteiger partial charge on any atom is 0.362 e. The Morgan fingerprint density at radius 1 is 0.559 bits per heavy atom. The summed E-state index contributed by atoms with van der Waals surface area (Å²) in [5.41, 5.74) is -1.85. The van der Waals surface area contributed by atoms with Crippen LogP contribution in [-0.4, -0.2) is 16.9 Å². The number of nitrogens with zero attached hydrogens (tertiary/aromatic N) is 1. The lowest BCUT2D eigenvalue weighted by Crippen LogP contribution is -2.17. The van der Waals surface area contributed by atoms with Gasteiger partial charge in [0.15, 0.2) is 0 Å². The van der Waals surface area contributed by atoms with Crippen molar-refractivity contribution < 1.29 is 63.0 Å². The van der Waals surface area contributed by atoms with Crippen LogP contribution in [0.5, 0.6) is 11.5 Å². The molecule has 0 spiro atoms. The molecule has 0 saturated carbocycles. The van der Waals surface area contributed by atoms with Gasteiger partial charge in [0, 0.05) is 6.20 Å². The molecule has 0 bridgehead atoms. The molecule has 0 atom stereocenters. The van der Waals surface area contributed by atoms with Gasteiger partial charge in [-0.25, -0.2) is 40.9 Å². The van der Waals surface area contributed by atoms with Gasteiger partial charge in [0.25, 0.3) is 0 Å². The number of carbonyl (C=O) groups is 2. The standard InChI is InChI=1S/C19H3F10NO4/c20-6-8(22)12(26)16(13(27)9(6)23)33-18(31)4-1-2-30-5(3-4)19(32)34-17-14(28)10(24)7(21)11(25)15(17)29/h1-3H. The van der Waals surface area contributed by atoms with Crippen LogP contribution in [0.1, 0.15) is 20.8 Å². The molecule has 178 valence electrons. The molecule has 5 nitrogen and oxygen atoms in total. The quantitative estimate of drug-likeness (QED) is 0.168. The minimum absolute atomic E-state index is 0.406. The summed E-state index contributed by atoms with van der Waals surface area (Å²) in [5, 5.41) is 0. The lowest BCUT2D eigenvalue weighted by molar-refractivity contribution is 0.0709. The summed E-state index contributed by atoms with van der Waals surface area (Å²) in [6.45, 7) is 0. The average molecular weight is 499 g/mol. The summed E-state index contributed by atoms with van der Waals surface area (Å²) in [6.07, 6.45) is 0.629. The minimum Gasteiger partial charge on any atom is -0.416 e. The number of hydrogen-bond donors (Lipinski definition) is 0. The van der Waals surface area contributed by atoms with Crippen molar-refractivity contribution in [3.63, 3.8) is 0 Å². The highest BCUT2D eigenvalue weighted by atomic mass is 19.2. The highest BCUT2D eigenvalue weighted by Gasteiger charge is 2.31. The van der Waals surface area contributed by atoms with Crippen LogP contribution in [0.4, 0.5) is 43.9 Å². The van der Waals surface area contributed by atoms with E-state index in [1.54, 1.807) is 0 Å². The van der Waals surface area contributed by atoms with E-state index in [-0.39, 0.29) is 0 Å². The topological polar surface area (TPSA) is 65.5 Å². The maximum absolute atomic E-state index is 13.7. The summed E-state index contributed by atoms with van der Waals surface area (Å²) in [5.74, 6) is -32.4. The SMILES string of the molecule is O=C(Oc1c(F)c(F)c(F)c(F)c1F)c1ccnc(C(=O)Oc2c(F)c(F)c(F)c(F)c2F)c1. The van der Waals surface area contributed by atoms with Crippen molar-refractivity contribution >= 4 is 11.9 Å². The van der Waals surface area contributed by atoms with Crippen molar-refractivity contribution in [3.05, 3.63) is 87.8 Å². The van der Waals surface area contributed by atoms with E-state index in [0.29, 0.717) is 18.3 Å². The normalized spacial score (nSPS) is 10.9. The first-order chi connectivity index (χ1) is 15.9. The molecule has 2 aromatic carbocycles. The fourth-order valence-electron chi connectivity index (χ4n) is 2.31. The molecule has 0 saturated heterocycles.